The summed E-state index contributed by atoms with van der Waals surface area (Å²) in [6.07, 6.45) is -15.4. The molecule has 4 rings (SSSR count). The van der Waals surface area contributed by atoms with Crippen LogP contribution in [0.25, 0.3) is 0 Å². The molecule has 246 valence electrons. The van der Waals surface area contributed by atoms with Crippen molar-refractivity contribution in [3.8, 4) is 11.5 Å². The number of rotatable bonds is 10. The summed E-state index contributed by atoms with van der Waals surface area (Å²) in [5.74, 6) is -5.06. The fourth-order valence-electron chi connectivity index (χ4n) is 4.96. The van der Waals surface area contributed by atoms with Gasteiger partial charge in [-0.2, -0.15) is 13.2 Å². The first-order chi connectivity index (χ1) is 21.2. The lowest BCUT2D eigenvalue weighted by atomic mass is 9.70. The van der Waals surface area contributed by atoms with Gasteiger partial charge in [0.15, 0.2) is 0 Å². The maximum Gasteiger partial charge on any atom is 0.573 e. The van der Waals surface area contributed by atoms with Crippen LogP contribution in [0.1, 0.15) is 34.7 Å². The Balaban J connectivity index is 1.95. The van der Waals surface area contributed by atoms with Crippen LogP contribution < -0.4 is 14.8 Å². The van der Waals surface area contributed by atoms with E-state index in [-0.39, 0.29) is 23.6 Å². The molecule has 46 heavy (non-hydrogen) atoms. The molecule has 0 unspecified atom stereocenters. The summed E-state index contributed by atoms with van der Waals surface area (Å²) in [6.45, 7) is -0.0901. The Kier molecular flexibility index (Phi) is 9.51. The van der Waals surface area contributed by atoms with Crippen LogP contribution >= 0.6 is 0 Å². The summed E-state index contributed by atoms with van der Waals surface area (Å²) >= 11 is 0. The Morgan fingerprint density at radius 1 is 0.543 bits per heavy atom. The minimum Gasteiger partial charge on any atom is -0.406 e. The molecule has 4 aromatic carbocycles. The number of nitrogens with one attached hydrogen (secondary N) is 1. The summed E-state index contributed by atoms with van der Waals surface area (Å²) in [5, 5.41) is 2.70. The van der Waals surface area contributed by atoms with Crippen LogP contribution in [0.5, 0.6) is 11.5 Å². The molecule has 0 bridgehead atoms. The van der Waals surface area contributed by atoms with E-state index in [1.165, 1.54) is 24.3 Å². The molecule has 0 aliphatic rings. The van der Waals surface area contributed by atoms with Crippen LogP contribution in [0.2, 0.25) is 0 Å². The van der Waals surface area contributed by atoms with Gasteiger partial charge in [0, 0.05) is 30.1 Å². The fraction of sp³-hybridized carbons (Fsp3) is 0.250. The third kappa shape index (κ3) is 9.04. The normalized spacial score (nSPS) is 13.0. The third-order valence-electron chi connectivity index (χ3n) is 6.95. The first kappa shape index (κ1) is 34.4. The predicted octanol–water partition coefficient (Wildman–Crippen LogP) is 10.3. The Hall–Kier alpha value is -4.49. The van der Waals surface area contributed by atoms with E-state index in [0.717, 1.165) is 30.3 Å². The van der Waals surface area contributed by atoms with Crippen molar-refractivity contribution in [2.24, 2.45) is 0 Å². The largest absolute Gasteiger partial charge is 0.573 e. The second kappa shape index (κ2) is 12.7. The van der Waals surface area contributed by atoms with Gasteiger partial charge in [-0.15, -0.1) is 26.3 Å². The van der Waals surface area contributed by atoms with Crippen LogP contribution in [0.15, 0.2) is 97.1 Å². The Bertz CT molecular complexity index is 1530. The number of halogens is 11. The molecular formula is C32H24F11NO2. The molecule has 4 aromatic rings. The van der Waals surface area contributed by atoms with Gasteiger partial charge in [-0.25, -0.2) is 8.78 Å². The highest BCUT2D eigenvalue weighted by atomic mass is 19.4. The summed E-state index contributed by atoms with van der Waals surface area (Å²) in [5.41, 5.74) is -3.83. The van der Waals surface area contributed by atoms with Crippen LogP contribution in [-0.4, -0.2) is 19.3 Å². The summed E-state index contributed by atoms with van der Waals surface area (Å²) in [6, 6.07) is 18.9. The topological polar surface area (TPSA) is 30.5 Å². The number of anilines is 1. The summed E-state index contributed by atoms with van der Waals surface area (Å²) in [4.78, 5) is 0. The van der Waals surface area contributed by atoms with Crippen molar-refractivity contribution in [2.75, 3.05) is 11.9 Å². The van der Waals surface area contributed by atoms with Crippen molar-refractivity contribution in [2.45, 2.75) is 43.6 Å². The van der Waals surface area contributed by atoms with E-state index in [1.54, 1.807) is 30.3 Å². The summed E-state index contributed by atoms with van der Waals surface area (Å²) in [7, 11) is 0. The monoisotopic (exact) mass is 663 g/mol. The van der Waals surface area contributed by atoms with Crippen molar-refractivity contribution in [1.29, 1.82) is 0 Å². The number of hydrogen-bond acceptors (Lipinski definition) is 3. The molecule has 0 atom stereocenters. The van der Waals surface area contributed by atoms with Crippen molar-refractivity contribution >= 4 is 5.69 Å². The average molecular weight is 664 g/mol. The highest BCUT2D eigenvalue weighted by molar-refractivity contribution is 5.54. The predicted molar refractivity (Wildman–Crippen MR) is 147 cm³/mol. The van der Waals surface area contributed by atoms with Crippen molar-refractivity contribution in [3.63, 3.8) is 0 Å². The van der Waals surface area contributed by atoms with Crippen LogP contribution in [-0.2, 0) is 23.9 Å². The molecule has 14 heteroatoms. The lowest BCUT2D eigenvalue weighted by molar-refractivity contribution is -0.275. The number of benzene rings is 4. The molecule has 0 amide bonds. The third-order valence-corrected chi connectivity index (χ3v) is 6.95. The van der Waals surface area contributed by atoms with E-state index in [2.05, 4.69) is 14.8 Å². The maximum absolute atomic E-state index is 14.2. The van der Waals surface area contributed by atoms with E-state index < -0.39 is 65.1 Å². The van der Waals surface area contributed by atoms with E-state index in [1.807, 2.05) is 0 Å². The average Bonchev–Trinajstić information content (AvgIpc) is 2.93. The van der Waals surface area contributed by atoms with Gasteiger partial charge in [0.2, 0.25) is 0 Å². The summed E-state index contributed by atoms with van der Waals surface area (Å²) < 4.78 is 157. The van der Waals surface area contributed by atoms with Crippen LogP contribution in [0.4, 0.5) is 54.0 Å². The van der Waals surface area contributed by atoms with Gasteiger partial charge in [0.05, 0.1) is 5.56 Å². The lowest BCUT2D eigenvalue weighted by Gasteiger charge is -2.37. The Morgan fingerprint density at radius 2 is 1.04 bits per heavy atom. The quantitative estimate of drug-likeness (QED) is 0.171. The number of hydrogen-bond donors (Lipinski definition) is 1. The van der Waals surface area contributed by atoms with Gasteiger partial charge in [0.1, 0.15) is 11.5 Å². The van der Waals surface area contributed by atoms with Gasteiger partial charge in [0.25, 0.3) is 5.92 Å². The first-order valence-corrected chi connectivity index (χ1v) is 13.3. The standard InChI is InChI=1S/C32H24F11NO2/c1-28(33,34)23-13-24(30(35,36)37)15-25(14-23)44-19-29(18-20-7-3-2-4-8-20,21-9-5-11-26(16-21)45-31(38,39)40)22-10-6-12-27(17-22)46-32(41,42)43/h2-17,44H,18-19H2,1H3. The fourth-order valence-corrected chi connectivity index (χ4v) is 4.96. The molecule has 0 saturated carbocycles. The molecule has 0 heterocycles. The minimum atomic E-state index is -5.11. The maximum atomic E-state index is 14.2. The molecule has 0 fully saturated rings. The second-order valence-electron chi connectivity index (χ2n) is 10.4. The highest BCUT2D eigenvalue weighted by Gasteiger charge is 2.39. The SMILES string of the molecule is CC(F)(F)c1cc(NCC(Cc2ccccc2)(c2cccc(OC(F)(F)F)c2)c2cccc(OC(F)(F)F)c2)cc(C(F)(F)F)c1. The minimum absolute atomic E-state index is 0.0442. The zero-order valence-electron chi connectivity index (χ0n) is 23.6. The van der Waals surface area contributed by atoms with E-state index in [0.29, 0.717) is 18.6 Å². The zero-order chi connectivity index (χ0) is 34.0. The molecule has 0 spiro atoms. The van der Waals surface area contributed by atoms with Gasteiger partial charge in [-0.1, -0.05) is 54.6 Å². The van der Waals surface area contributed by atoms with Gasteiger partial charge < -0.3 is 14.8 Å². The van der Waals surface area contributed by atoms with Crippen LogP contribution in [0, 0.1) is 0 Å². The molecule has 0 aliphatic heterocycles. The molecule has 0 saturated heterocycles. The van der Waals surface area contributed by atoms with E-state index >= 15 is 0 Å². The van der Waals surface area contributed by atoms with Crippen LogP contribution in [0.3, 0.4) is 0 Å². The van der Waals surface area contributed by atoms with Crippen molar-refractivity contribution in [1.82, 2.24) is 0 Å². The molecular weight excluding hydrogens is 639 g/mol. The van der Waals surface area contributed by atoms with Gasteiger partial charge >= 0.3 is 18.9 Å². The smallest absolute Gasteiger partial charge is 0.406 e. The Morgan fingerprint density at radius 3 is 1.50 bits per heavy atom. The van der Waals surface area contributed by atoms with Crippen molar-refractivity contribution in [3.05, 3.63) is 125 Å². The molecule has 0 radical (unpaired) electrons. The zero-order valence-corrected chi connectivity index (χ0v) is 23.6. The highest BCUT2D eigenvalue weighted by Crippen LogP contribution is 2.42. The number of ether oxygens (including phenoxy) is 2. The molecule has 1 N–H and O–H groups in total. The molecule has 0 aromatic heterocycles. The van der Waals surface area contributed by atoms with E-state index in [4.69, 9.17) is 0 Å². The molecule has 3 nitrogen and oxygen atoms in total. The van der Waals surface area contributed by atoms with Gasteiger partial charge in [-0.3, -0.25) is 0 Å². The second-order valence-corrected chi connectivity index (χ2v) is 10.4. The molecule has 0 aliphatic carbocycles. The van der Waals surface area contributed by atoms with E-state index in [9.17, 15) is 48.3 Å². The first-order valence-electron chi connectivity index (χ1n) is 13.3. The number of alkyl halides is 11. The van der Waals surface area contributed by atoms with Gasteiger partial charge in [-0.05, 0) is 65.6 Å². The Labute approximate surface area is 255 Å². The van der Waals surface area contributed by atoms with Crippen molar-refractivity contribution < 1.29 is 57.8 Å². The lowest BCUT2D eigenvalue weighted by Crippen LogP contribution is -2.38.